The predicted octanol–water partition coefficient (Wildman–Crippen LogP) is -1.67. The molecule has 1 aliphatic heterocycles. The Hall–Kier alpha value is -1.63. The van der Waals surface area contributed by atoms with Crippen LogP contribution in [0.15, 0.2) is 47.2 Å². The van der Waals surface area contributed by atoms with Crippen LogP contribution < -0.4 is 34.7 Å². The fraction of sp³-hybridized carbons (Fsp3) is 0.0769. The van der Waals surface area contributed by atoms with E-state index < -0.39 is 0 Å². The Morgan fingerprint density at radius 1 is 1.28 bits per heavy atom. The van der Waals surface area contributed by atoms with Crippen LogP contribution in [-0.2, 0) is 6.42 Å². The first kappa shape index (κ1) is 12.8. The molecule has 0 unspecified atom stereocenters. The molecule has 0 spiro atoms. The predicted molar refractivity (Wildman–Crippen MR) is 69.9 cm³/mol. The van der Waals surface area contributed by atoms with Gasteiger partial charge in [0.1, 0.15) is 11.9 Å². The highest BCUT2D eigenvalue weighted by Crippen LogP contribution is 2.20. The molecule has 1 radical (unpaired) electrons. The Morgan fingerprint density at radius 3 is 2.94 bits per heavy atom. The highest BCUT2D eigenvalue weighted by Gasteiger charge is 2.12. The van der Waals surface area contributed by atoms with Crippen molar-refractivity contribution in [2.24, 2.45) is 10.7 Å². The average Bonchev–Trinajstić information content (AvgIpc) is 2.73. The maximum atomic E-state index is 5.57. The van der Waals surface area contributed by atoms with Crippen molar-refractivity contribution in [3.8, 4) is 0 Å². The van der Waals surface area contributed by atoms with Crippen LogP contribution in [0.3, 0.4) is 0 Å². The van der Waals surface area contributed by atoms with Gasteiger partial charge in [-0.3, -0.25) is 5.73 Å². The lowest BCUT2D eigenvalue weighted by Crippen LogP contribution is -3.00. The topological polar surface area (TPSA) is 68.3 Å². The number of hydrogen-bond acceptors (Lipinski definition) is 3. The zero-order valence-corrected chi connectivity index (χ0v) is 11.8. The van der Waals surface area contributed by atoms with Crippen molar-refractivity contribution < 1.29 is 24.0 Å². The molecule has 0 saturated carbocycles. The minimum atomic E-state index is 0. The minimum Gasteiger partial charge on any atom is -1.00 e. The summed E-state index contributed by atoms with van der Waals surface area (Å²) in [6, 6.07) is 8.22. The SMILES string of the molecule is NC1=NC(Cc2c[nH]c3ccccc23)=CC=[N+]1.[I-]. The van der Waals surface area contributed by atoms with Crippen molar-refractivity contribution >= 4 is 23.1 Å². The number of nitrogens with one attached hydrogen (secondary N) is 1. The van der Waals surface area contributed by atoms with Gasteiger partial charge in [-0.05, 0) is 11.6 Å². The van der Waals surface area contributed by atoms with Crippen LogP contribution in [0.1, 0.15) is 5.56 Å². The van der Waals surface area contributed by atoms with E-state index in [1.165, 1.54) is 10.9 Å². The van der Waals surface area contributed by atoms with Crippen molar-refractivity contribution in [1.82, 2.24) is 9.98 Å². The molecule has 18 heavy (non-hydrogen) atoms. The summed E-state index contributed by atoms with van der Waals surface area (Å²) >= 11 is 0. The molecule has 2 aromatic rings. The largest absolute Gasteiger partial charge is 1.00 e. The number of hydrogen-bond donors (Lipinski definition) is 2. The summed E-state index contributed by atoms with van der Waals surface area (Å²) in [6.07, 6.45) is 6.35. The number of aromatic amines is 1. The normalized spacial score (nSPS) is 14.0. The van der Waals surface area contributed by atoms with E-state index in [0.717, 1.165) is 17.6 Å². The molecule has 1 aromatic heterocycles. The number of H-pyrrole nitrogens is 1. The standard InChI is InChI=1S/C13H12N4.HI/c14-13-15-6-5-10(17-13)7-9-8-16-12-4-2-1-3-11(9)12;/h1-6,8,16H,7H2,(H2,14,17);1H/q+1;/p-1. The van der Waals surface area contributed by atoms with Gasteiger partial charge in [-0.1, -0.05) is 28.2 Å². The second-order valence-corrected chi connectivity index (χ2v) is 3.94. The lowest BCUT2D eigenvalue weighted by molar-refractivity contribution is -0.00000372. The Morgan fingerprint density at radius 2 is 2.11 bits per heavy atom. The maximum Gasteiger partial charge on any atom is 0.423 e. The molecule has 1 aromatic carbocycles. The molecule has 0 bridgehead atoms. The van der Waals surface area contributed by atoms with Crippen molar-refractivity contribution in [1.29, 1.82) is 0 Å². The number of allylic oxidation sites excluding steroid dienone is 2. The molecule has 3 N–H and O–H groups in total. The van der Waals surface area contributed by atoms with Gasteiger partial charge in [0.25, 0.3) is 0 Å². The Balaban J connectivity index is 0.00000120. The van der Waals surface area contributed by atoms with E-state index >= 15 is 0 Å². The van der Waals surface area contributed by atoms with Gasteiger partial charge in [-0.15, -0.1) is 0 Å². The summed E-state index contributed by atoms with van der Waals surface area (Å²) in [5.74, 6) is 0.322. The van der Waals surface area contributed by atoms with E-state index in [1.807, 2.05) is 24.4 Å². The van der Waals surface area contributed by atoms with E-state index in [1.54, 1.807) is 6.21 Å². The second kappa shape index (κ2) is 5.34. The van der Waals surface area contributed by atoms with Gasteiger partial charge >= 0.3 is 5.96 Å². The number of aliphatic imine (C=N–C) groups is 2. The molecule has 3 rings (SSSR count). The third-order valence-electron chi connectivity index (χ3n) is 2.78. The lowest BCUT2D eigenvalue weighted by Gasteiger charge is -1.98. The fourth-order valence-electron chi connectivity index (χ4n) is 1.98. The summed E-state index contributed by atoms with van der Waals surface area (Å²) in [5, 5.41) is 1.23. The molecule has 0 saturated heterocycles. The quantitative estimate of drug-likeness (QED) is 0.625. The number of benzene rings is 1. The molecule has 4 nitrogen and oxygen atoms in total. The van der Waals surface area contributed by atoms with Gasteiger partial charge in [0, 0.05) is 29.6 Å². The molecule has 0 aliphatic carbocycles. The van der Waals surface area contributed by atoms with Crippen LogP contribution >= 0.6 is 0 Å². The number of para-hydroxylation sites is 1. The smallest absolute Gasteiger partial charge is 0.423 e. The molecular formula is C13H12IN4. The summed E-state index contributed by atoms with van der Waals surface area (Å²) in [6.45, 7) is 0. The number of halogens is 1. The Bertz CT molecular complexity index is 652. The van der Waals surface area contributed by atoms with Crippen molar-refractivity contribution in [3.63, 3.8) is 0 Å². The first-order chi connectivity index (χ1) is 8.33. The first-order valence-corrected chi connectivity index (χ1v) is 5.45. The van der Waals surface area contributed by atoms with Gasteiger partial charge in [0.05, 0.1) is 0 Å². The van der Waals surface area contributed by atoms with Crippen LogP contribution in [0.25, 0.3) is 10.9 Å². The fourth-order valence-corrected chi connectivity index (χ4v) is 1.98. The van der Waals surface area contributed by atoms with Gasteiger partial charge in [-0.25, -0.2) is 0 Å². The summed E-state index contributed by atoms with van der Waals surface area (Å²) in [4.78, 5) is 11.3. The third kappa shape index (κ3) is 2.45. The molecule has 0 amide bonds. The molecule has 0 atom stereocenters. The molecule has 5 heteroatoms. The van der Waals surface area contributed by atoms with Crippen molar-refractivity contribution in [2.45, 2.75) is 6.42 Å². The van der Waals surface area contributed by atoms with E-state index in [0.29, 0.717) is 5.96 Å². The van der Waals surface area contributed by atoms with E-state index in [2.05, 4.69) is 27.1 Å². The molecule has 2 heterocycles. The number of guanidine groups is 1. The number of nitrogens with zero attached hydrogens (tertiary/aromatic N) is 2. The van der Waals surface area contributed by atoms with E-state index in [4.69, 9.17) is 5.73 Å². The number of aromatic nitrogens is 1. The Labute approximate surface area is 122 Å². The van der Waals surface area contributed by atoms with E-state index in [9.17, 15) is 0 Å². The van der Waals surface area contributed by atoms with Gasteiger partial charge in [0.15, 0.2) is 0 Å². The van der Waals surface area contributed by atoms with Gasteiger partial charge in [0.2, 0.25) is 0 Å². The summed E-state index contributed by atoms with van der Waals surface area (Å²) in [7, 11) is 0. The molecule has 91 valence electrons. The van der Waals surface area contributed by atoms with Crippen LogP contribution in [-0.4, -0.2) is 17.2 Å². The molecule has 1 aliphatic rings. The maximum absolute atomic E-state index is 5.57. The number of nitrogens with two attached hydrogens (primary N) is 1. The second-order valence-electron chi connectivity index (χ2n) is 3.94. The summed E-state index contributed by atoms with van der Waals surface area (Å²) in [5.41, 5.74) is 8.87. The number of fused-ring (bicyclic) bond motifs is 1. The highest BCUT2D eigenvalue weighted by molar-refractivity contribution is 5.91. The lowest BCUT2D eigenvalue weighted by atomic mass is 10.1. The van der Waals surface area contributed by atoms with E-state index in [-0.39, 0.29) is 24.0 Å². The zero-order valence-electron chi connectivity index (χ0n) is 9.60. The summed E-state index contributed by atoms with van der Waals surface area (Å²) < 4.78 is 0. The Kier molecular flexibility index (Phi) is 3.81. The minimum absolute atomic E-state index is 0. The monoisotopic (exact) mass is 351 g/mol. The van der Waals surface area contributed by atoms with Crippen LogP contribution in [0.5, 0.6) is 0 Å². The zero-order chi connectivity index (χ0) is 11.7. The number of rotatable bonds is 2. The van der Waals surface area contributed by atoms with Crippen LogP contribution in [0, 0.1) is 0 Å². The third-order valence-corrected chi connectivity index (χ3v) is 2.78. The average molecular weight is 351 g/mol. The van der Waals surface area contributed by atoms with Gasteiger partial charge in [-0.2, -0.15) is 0 Å². The van der Waals surface area contributed by atoms with Crippen molar-refractivity contribution in [3.05, 3.63) is 47.8 Å². The van der Waals surface area contributed by atoms with Crippen LogP contribution in [0.4, 0.5) is 0 Å². The molecule has 0 fully saturated rings. The van der Waals surface area contributed by atoms with Crippen LogP contribution in [0.2, 0.25) is 0 Å². The first-order valence-electron chi connectivity index (χ1n) is 5.45. The highest BCUT2D eigenvalue weighted by atomic mass is 127. The van der Waals surface area contributed by atoms with Crippen molar-refractivity contribution in [2.75, 3.05) is 0 Å². The molecular weight excluding hydrogens is 339 g/mol. The van der Waals surface area contributed by atoms with Gasteiger partial charge < -0.3 is 29.0 Å².